The minimum Gasteiger partial charge on any atom is -0.445 e. The standard InChI is InChI=1S/C24H33N3O3/c1-5-18(2)22(26-24(29)30-17-19-11-7-6-8-12-19)23(28)25-15-20-13-9-10-14-21(20)16-27(3)4/h6-14,18,22H,5,15-17H2,1-4H3,(H,25,28)(H,26,29)/t18-,22-/m0/s1. The molecule has 0 aliphatic carbocycles. The van der Waals surface area contributed by atoms with E-state index in [2.05, 4.69) is 21.6 Å². The van der Waals surface area contributed by atoms with E-state index in [1.54, 1.807) is 0 Å². The van der Waals surface area contributed by atoms with Crippen LogP contribution in [-0.4, -0.2) is 37.0 Å². The van der Waals surface area contributed by atoms with Crippen molar-refractivity contribution < 1.29 is 14.3 Å². The molecule has 0 saturated carbocycles. The van der Waals surface area contributed by atoms with Crippen LogP contribution in [-0.2, 0) is 29.2 Å². The van der Waals surface area contributed by atoms with Crippen LogP contribution >= 0.6 is 0 Å². The first-order chi connectivity index (χ1) is 14.4. The van der Waals surface area contributed by atoms with Crippen molar-refractivity contribution in [2.24, 2.45) is 5.92 Å². The first kappa shape index (κ1) is 23.4. The van der Waals surface area contributed by atoms with Gasteiger partial charge in [0.05, 0.1) is 0 Å². The molecule has 2 N–H and O–H groups in total. The van der Waals surface area contributed by atoms with E-state index in [1.807, 2.05) is 76.5 Å². The quantitative estimate of drug-likeness (QED) is 0.625. The van der Waals surface area contributed by atoms with Crippen LogP contribution < -0.4 is 10.6 Å². The number of rotatable bonds is 10. The Morgan fingerprint density at radius 2 is 1.63 bits per heavy atom. The Hall–Kier alpha value is -2.86. The molecule has 0 radical (unpaired) electrons. The third-order valence-electron chi connectivity index (χ3n) is 5.04. The molecule has 0 aromatic heterocycles. The van der Waals surface area contributed by atoms with E-state index < -0.39 is 12.1 Å². The number of hydrogen-bond acceptors (Lipinski definition) is 4. The molecule has 30 heavy (non-hydrogen) atoms. The summed E-state index contributed by atoms with van der Waals surface area (Å²) in [7, 11) is 4.03. The number of benzene rings is 2. The van der Waals surface area contributed by atoms with Crippen LogP contribution in [0.4, 0.5) is 4.79 Å². The SMILES string of the molecule is CC[C@H](C)[C@H](NC(=O)OCc1ccccc1)C(=O)NCc1ccccc1CN(C)C. The van der Waals surface area contributed by atoms with Gasteiger partial charge in [-0.3, -0.25) is 4.79 Å². The fourth-order valence-corrected chi connectivity index (χ4v) is 3.11. The zero-order chi connectivity index (χ0) is 21.9. The summed E-state index contributed by atoms with van der Waals surface area (Å²) in [4.78, 5) is 27.2. The Balaban J connectivity index is 1.96. The molecule has 2 aromatic carbocycles. The van der Waals surface area contributed by atoms with Crippen molar-refractivity contribution in [3.05, 3.63) is 71.3 Å². The van der Waals surface area contributed by atoms with Gasteiger partial charge in [0, 0.05) is 13.1 Å². The number of alkyl carbamates (subject to hydrolysis) is 1. The third-order valence-corrected chi connectivity index (χ3v) is 5.04. The summed E-state index contributed by atoms with van der Waals surface area (Å²) in [6, 6.07) is 16.8. The summed E-state index contributed by atoms with van der Waals surface area (Å²) in [6.07, 6.45) is 0.168. The molecule has 0 unspecified atom stereocenters. The van der Waals surface area contributed by atoms with Crippen molar-refractivity contribution in [1.82, 2.24) is 15.5 Å². The molecular weight excluding hydrogens is 378 g/mol. The fourth-order valence-electron chi connectivity index (χ4n) is 3.11. The lowest BCUT2D eigenvalue weighted by Crippen LogP contribution is -2.50. The highest BCUT2D eigenvalue weighted by Gasteiger charge is 2.26. The fraction of sp³-hybridized carbons (Fsp3) is 0.417. The highest BCUT2D eigenvalue weighted by molar-refractivity contribution is 5.85. The third kappa shape index (κ3) is 7.52. The molecule has 6 heteroatoms. The van der Waals surface area contributed by atoms with Gasteiger partial charge in [0.15, 0.2) is 0 Å². The molecule has 0 spiro atoms. The van der Waals surface area contributed by atoms with E-state index in [4.69, 9.17) is 4.74 Å². The monoisotopic (exact) mass is 411 g/mol. The van der Waals surface area contributed by atoms with Crippen LogP contribution in [0.3, 0.4) is 0 Å². The van der Waals surface area contributed by atoms with Crippen LogP contribution in [0.15, 0.2) is 54.6 Å². The Kier molecular flexibility index (Phi) is 9.35. The number of amides is 2. The van der Waals surface area contributed by atoms with E-state index in [-0.39, 0.29) is 18.4 Å². The largest absolute Gasteiger partial charge is 0.445 e. The van der Waals surface area contributed by atoms with Crippen molar-refractivity contribution in [3.63, 3.8) is 0 Å². The van der Waals surface area contributed by atoms with Gasteiger partial charge in [-0.05, 0) is 36.7 Å². The van der Waals surface area contributed by atoms with Crippen molar-refractivity contribution in [1.29, 1.82) is 0 Å². The van der Waals surface area contributed by atoms with E-state index in [0.29, 0.717) is 6.54 Å². The second-order valence-electron chi connectivity index (χ2n) is 7.79. The molecule has 2 rings (SSSR count). The molecule has 2 aromatic rings. The van der Waals surface area contributed by atoms with E-state index >= 15 is 0 Å². The van der Waals surface area contributed by atoms with Gasteiger partial charge < -0.3 is 20.3 Å². The maximum atomic E-state index is 12.9. The number of nitrogens with one attached hydrogen (secondary N) is 2. The van der Waals surface area contributed by atoms with Crippen LogP contribution in [0, 0.1) is 5.92 Å². The van der Waals surface area contributed by atoms with Crippen molar-refractivity contribution in [2.45, 2.75) is 46.0 Å². The molecule has 0 aliphatic rings. The van der Waals surface area contributed by atoms with Gasteiger partial charge in [0.25, 0.3) is 0 Å². The van der Waals surface area contributed by atoms with Gasteiger partial charge in [0.1, 0.15) is 12.6 Å². The number of ether oxygens (including phenoxy) is 1. The summed E-state index contributed by atoms with van der Waals surface area (Å²) in [5.74, 6) is -0.230. The second kappa shape index (κ2) is 12.0. The predicted octanol–water partition coefficient (Wildman–Crippen LogP) is 3.71. The Bertz CT molecular complexity index is 808. The topological polar surface area (TPSA) is 70.7 Å². The highest BCUT2D eigenvalue weighted by Crippen LogP contribution is 2.12. The lowest BCUT2D eigenvalue weighted by Gasteiger charge is -2.23. The number of carbonyl (C=O) groups excluding carboxylic acids is 2. The van der Waals surface area contributed by atoms with Gasteiger partial charge in [-0.25, -0.2) is 4.79 Å². The molecule has 0 aliphatic heterocycles. The zero-order valence-electron chi connectivity index (χ0n) is 18.4. The van der Waals surface area contributed by atoms with E-state index in [1.165, 1.54) is 0 Å². The molecule has 0 heterocycles. The van der Waals surface area contributed by atoms with Crippen LogP contribution in [0.1, 0.15) is 37.0 Å². The van der Waals surface area contributed by atoms with E-state index in [0.717, 1.165) is 29.7 Å². The van der Waals surface area contributed by atoms with Crippen molar-refractivity contribution in [3.8, 4) is 0 Å². The predicted molar refractivity (Wildman–Crippen MR) is 119 cm³/mol. The molecule has 2 atom stereocenters. The van der Waals surface area contributed by atoms with Crippen LogP contribution in [0.5, 0.6) is 0 Å². The highest BCUT2D eigenvalue weighted by atomic mass is 16.5. The van der Waals surface area contributed by atoms with E-state index in [9.17, 15) is 9.59 Å². The van der Waals surface area contributed by atoms with Gasteiger partial charge in [0.2, 0.25) is 5.91 Å². The normalized spacial score (nSPS) is 12.8. The Morgan fingerprint density at radius 1 is 1.00 bits per heavy atom. The molecule has 6 nitrogen and oxygen atoms in total. The molecule has 0 bridgehead atoms. The minimum absolute atomic E-state index is 0.0219. The number of hydrogen-bond donors (Lipinski definition) is 2. The lowest BCUT2D eigenvalue weighted by atomic mass is 9.98. The molecule has 162 valence electrons. The Morgan fingerprint density at radius 3 is 2.27 bits per heavy atom. The molecule has 0 saturated heterocycles. The molecule has 2 amide bonds. The number of carbonyl (C=O) groups is 2. The summed E-state index contributed by atoms with van der Waals surface area (Å²) < 4.78 is 5.29. The average Bonchev–Trinajstić information content (AvgIpc) is 2.75. The first-order valence-electron chi connectivity index (χ1n) is 10.4. The first-order valence-corrected chi connectivity index (χ1v) is 10.4. The van der Waals surface area contributed by atoms with Gasteiger partial charge >= 0.3 is 6.09 Å². The van der Waals surface area contributed by atoms with Gasteiger partial charge in [-0.15, -0.1) is 0 Å². The number of nitrogens with zero attached hydrogens (tertiary/aromatic N) is 1. The van der Waals surface area contributed by atoms with Crippen LogP contribution in [0.2, 0.25) is 0 Å². The maximum Gasteiger partial charge on any atom is 0.408 e. The van der Waals surface area contributed by atoms with Crippen molar-refractivity contribution >= 4 is 12.0 Å². The minimum atomic E-state index is -0.653. The molecular formula is C24H33N3O3. The zero-order valence-corrected chi connectivity index (χ0v) is 18.4. The lowest BCUT2D eigenvalue weighted by molar-refractivity contribution is -0.124. The summed E-state index contributed by atoms with van der Waals surface area (Å²) in [6.45, 7) is 5.32. The summed E-state index contributed by atoms with van der Waals surface area (Å²) in [5.41, 5.74) is 3.13. The van der Waals surface area contributed by atoms with Crippen molar-refractivity contribution in [2.75, 3.05) is 14.1 Å². The summed E-state index contributed by atoms with van der Waals surface area (Å²) >= 11 is 0. The Labute approximate surface area is 179 Å². The summed E-state index contributed by atoms with van der Waals surface area (Å²) in [5, 5.41) is 5.72. The molecule has 0 fully saturated rings. The maximum absolute atomic E-state index is 12.9. The van der Waals surface area contributed by atoms with Gasteiger partial charge in [-0.1, -0.05) is 74.9 Å². The average molecular weight is 412 g/mol. The van der Waals surface area contributed by atoms with Crippen LogP contribution in [0.25, 0.3) is 0 Å². The second-order valence-corrected chi connectivity index (χ2v) is 7.79. The van der Waals surface area contributed by atoms with Gasteiger partial charge in [-0.2, -0.15) is 0 Å². The smallest absolute Gasteiger partial charge is 0.408 e.